The lowest BCUT2D eigenvalue weighted by Crippen LogP contribution is -2.10. The first-order valence-corrected chi connectivity index (χ1v) is 18.9. The van der Waals surface area contributed by atoms with E-state index in [-0.39, 0.29) is 10.8 Å². The lowest BCUT2D eigenvalue weighted by molar-refractivity contribution is 0.591. The quantitative estimate of drug-likeness (QED) is 0.142. The van der Waals surface area contributed by atoms with Gasteiger partial charge in [-0.1, -0.05) is 90.1 Å². The van der Waals surface area contributed by atoms with Gasteiger partial charge in [0.2, 0.25) is 0 Å². The summed E-state index contributed by atoms with van der Waals surface area (Å²) in [4.78, 5) is 0. The van der Waals surface area contributed by atoms with Crippen molar-refractivity contribution in [1.29, 1.82) is 0 Å². The molecule has 6 aromatic carbocycles. The lowest BCUT2D eigenvalue weighted by atomic mass is 9.85. The van der Waals surface area contributed by atoms with Crippen molar-refractivity contribution >= 4 is 167 Å². The second-order valence-electron chi connectivity index (χ2n) is 13.8. The van der Waals surface area contributed by atoms with Crippen molar-refractivity contribution in [2.75, 3.05) is 0 Å². The molecule has 0 spiro atoms. The van der Waals surface area contributed by atoms with Crippen molar-refractivity contribution in [2.45, 2.75) is 52.4 Å². The Morgan fingerprint density at radius 1 is 0.409 bits per heavy atom. The predicted molar refractivity (Wildman–Crippen MR) is 222 cm³/mol. The third-order valence-electron chi connectivity index (χ3n) is 9.05. The van der Waals surface area contributed by atoms with E-state index in [2.05, 4.69) is 193 Å². The van der Waals surface area contributed by atoms with Crippen molar-refractivity contribution < 1.29 is 8.83 Å². The minimum absolute atomic E-state index is 0.0546. The molecular formula is C38H28I4O2. The summed E-state index contributed by atoms with van der Waals surface area (Å²) in [5.41, 5.74) is 6.54. The molecule has 0 fully saturated rings. The summed E-state index contributed by atoms with van der Waals surface area (Å²) in [5.74, 6) is 0. The zero-order chi connectivity index (χ0) is 31.0. The fourth-order valence-corrected chi connectivity index (χ4v) is 9.40. The molecule has 2 nitrogen and oxygen atoms in total. The Morgan fingerprint density at radius 2 is 0.795 bits per heavy atom. The molecule has 0 amide bonds. The van der Waals surface area contributed by atoms with Crippen LogP contribution in [0.2, 0.25) is 0 Å². The molecule has 0 aliphatic rings. The molecule has 0 saturated carbocycles. The van der Waals surface area contributed by atoms with E-state index in [0.29, 0.717) is 0 Å². The number of furan rings is 2. The zero-order valence-corrected chi connectivity index (χ0v) is 33.7. The Bertz CT molecular complexity index is 2380. The monoisotopic (exact) mass is 1020 g/mol. The average Bonchev–Trinajstić information content (AvgIpc) is 3.58. The van der Waals surface area contributed by atoms with Gasteiger partial charge in [-0.2, -0.15) is 0 Å². The van der Waals surface area contributed by atoms with Crippen LogP contribution in [0.5, 0.6) is 0 Å². The van der Waals surface area contributed by atoms with Crippen LogP contribution in [0.4, 0.5) is 0 Å². The highest BCUT2D eigenvalue weighted by Gasteiger charge is 2.28. The fourth-order valence-electron chi connectivity index (χ4n) is 6.68. The summed E-state index contributed by atoms with van der Waals surface area (Å²) in [6, 6.07) is 22.5. The Balaban J connectivity index is 1.70. The maximum absolute atomic E-state index is 6.98. The van der Waals surface area contributed by atoms with Crippen LogP contribution in [0, 0.1) is 14.3 Å². The molecule has 44 heavy (non-hydrogen) atoms. The van der Waals surface area contributed by atoms with Crippen LogP contribution in [0.3, 0.4) is 0 Å². The minimum atomic E-state index is 0.0546. The second-order valence-corrected chi connectivity index (χ2v) is 18.2. The van der Waals surface area contributed by atoms with Crippen molar-refractivity contribution in [3.8, 4) is 0 Å². The van der Waals surface area contributed by atoms with Gasteiger partial charge in [0.05, 0.1) is 7.14 Å². The van der Waals surface area contributed by atoms with Crippen LogP contribution in [-0.4, -0.2) is 0 Å². The van der Waals surface area contributed by atoms with Gasteiger partial charge >= 0.3 is 0 Å². The molecule has 0 aliphatic heterocycles. The van der Waals surface area contributed by atoms with Gasteiger partial charge in [0.15, 0.2) is 11.2 Å². The summed E-state index contributed by atoms with van der Waals surface area (Å²) in [6.45, 7) is 13.7. The molecule has 220 valence electrons. The van der Waals surface area contributed by atoms with Gasteiger partial charge in [-0.25, -0.2) is 0 Å². The van der Waals surface area contributed by atoms with Crippen molar-refractivity contribution in [2.24, 2.45) is 0 Å². The van der Waals surface area contributed by atoms with Crippen LogP contribution in [0.15, 0.2) is 69.5 Å². The minimum Gasteiger partial charge on any atom is -0.454 e. The summed E-state index contributed by atoms with van der Waals surface area (Å²) in [6.07, 6.45) is 0. The van der Waals surface area contributed by atoms with Crippen LogP contribution in [0.25, 0.3) is 76.2 Å². The number of halogens is 4. The van der Waals surface area contributed by atoms with Crippen LogP contribution in [-0.2, 0) is 10.8 Å². The molecular weight excluding hydrogens is 996 g/mol. The first-order valence-electron chi connectivity index (χ1n) is 14.6. The molecule has 0 saturated heterocycles. The maximum Gasteiger partial charge on any atom is 0.150 e. The Labute approximate surface area is 310 Å². The van der Waals surface area contributed by atoms with Crippen LogP contribution < -0.4 is 0 Å². The average molecular weight is 1020 g/mol. The summed E-state index contributed by atoms with van der Waals surface area (Å²) >= 11 is 10.0. The number of rotatable bonds is 0. The Morgan fingerprint density at radius 3 is 1.16 bits per heavy atom. The Kier molecular flexibility index (Phi) is 6.86. The molecule has 0 unspecified atom stereocenters. The van der Waals surface area contributed by atoms with E-state index in [4.69, 9.17) is 8.83 Å². The molecule has 8 rings (SSSR count). The van der Waals surface area contributed by atoms with E-state index < -0.39 is 0 Å². The van der Waals surface area contributed by atoms with Gasteiger partial charge in [0.1, 0.15) is 11.2 Å². The van der Waals surface area contributed by atoms with Crippen LogP contribution in [0.1, 0.15) is 52.7 Å². The largest absolute Gasteiger partial charge is 0.454 e. The van der Waals surface area contributed by atoms with Crippen LogP contribution >= 0.6 is 90.4 Å². The topological polar surface area (TPSA) is 26.3 Å². The fraction of sp³-hybridized carbons (Fsp3) is 0.211. The molecule has 2 heterocycles. The Hall–Kier alpha value is -1.38. The molecule has 0 atom stereocenters. The summed E-state index contributed by atoms with van der Waals surface area (Å²) in [5, 5.41) is 11.8. The molecule has 8 aromatic rings. The molecule has 0 radical (unpaired) electrons. The number of hydrogen-bond acceptors (Lipinski definition) is 2. The third kappa shape index (κ3) is 4.17. The third-order valence-corrected chi connectivity index (χ3v) is 15.4. The highest BCUT2D eigenvalue weighted by atomic mass is 127. The van der Waals surface area contributed by atoms with Gasteiger partial charge in [0, 0.05) is 39.5 Å². The first kappa shape index (κ1) is 30.0. The van der Waals surface area contributed by atoms with Gasteiger partial charge in [-0.15, -0.1) is 0 Å². The van der Waals surface area contributed by atoms with E-state index in [1.54, 1.807) is 0 Å². The first-order chi connectivity index (χ1) is 20.8. The number of hydrogen-bond donors (Lipinski definition) is 0. The zero-order valence-electron chi connectivity index (χ0n) is 25.1. The van der Waals surface area contributed by atoms with E-state index in [1.807, 2.05) is 0 Å². The smallest absolute Gasteiger partial charge is 0.150 e. The van der Waals surface area contributed by atoms with Crippen molar-refractivity contribution in [1.82, 2.24) is 0 Å². The highest BCUT2D eigenvalue weighted by molar-refractivity contribution is 14.1. The van der Waals surface area contributed by atoms with Crippen molar-refractivity contribution in [3.63, 3.8) is 0 Å². The number of fused-ring (bicyclic) bond motifs is 14. The number of benzene rings is 6. The SMILES string of the molecule is CC(C)(C)c1ccc2c(c1)c(I)c(I)c1oc3c4ccccc4c4oc5c(I)c(I)c6cc(C(C)(C)C)ccc6c5c4c3c12. The second kappa shape index (κ2) is 10.1. The van der Waals surface area contributed by atoms with E-state index in [9.17, 15) is 0 Å². The predicted octanol–water partition coefficient (Wildman–Crippen LogP) is 14.0. The van der Waals surface area contributed by atoms with Gasteiger partial charge in [0.25, 0.3) is 0 Å². The van der Waals surface area contributed by atoms with Gasteiger partial charge in [-0.3, -0.25) is 0 Å². The molecule has 6 heteroatoms. The summed E-state index contributed by atoms with van der Waals surface area (Å²) in [7, 11) is 0. The van der Waals surface area contributed by atoms with E-state index in [1.165, 1.54) is 50.6 Å². The van der Waals surface area contributed by atoms with E-state index >= 15 is 0 Å². The highest BCUT2D eigenvalue weighted by Crippen LogP contribution is 2.51. The molecule has 2 aromatic heterocycles. The normalized spacial score (nSPS) is 13.2. The standard InChI is InChI=1S/C38H28I4O2/c1-37(2,3)17-11-13-19-23(15-17)29(39)31(41)35-25(19)27-28-26-20-14-12-18(38(4,5)6)16-24(20)30(40)32(42)36(26)44-34(28)22-10-8-7-9-21(22)33(27)43-35/h7-16H,1-6H3. The van der Waals surface area contributed by atoms with Gasteiger partial charge < -0.3 is 8.83 Å². The maximum atomic E-state index is 6.98. The summed E-state index contributed by atoms with van der Waals surface area (Å²) < 4.78 is 18.7. The molecule has 0 N–H and O–H groups in total. The molecule has 0 aliphatic carbocycles. The van der Waals surface area contributed by atoms with Crippen molar-refractivity contribution in [3.05, 3.63) is 86.1 Å². The van der Waals surface area contributed by atoms with Gasteiger partial charge in [-0.05, 0) is 146 Å². The molecule has 0 bridgehead atoms. The lowest BCUT2D eigenvalue weighted by Gasteiger charge is -2.20. The van der Waals surface area contributed by atoms with E-state index in [0.717, 1.165) is 51.0 Å².